The molecule has 0 radical (unpaired) electrons. The van der Waals surface area contributed by atoms with Crippen molar-refractivity contribution in [3.63, 3.8) is 0 Å². The molecule has 0 saturated carbocycles. The first-order chi connectivity index (χ1) is 16.7. The minimum Gasteiger partial charge on any atom is -0.465 e. The summed E-state index contributed by atoms with van der Waals surface area (Å²) in [7, 11) is 1.41. The number of methoxy groups -OCH3 is 1. The number of hydrogen-bond acceptors (Lipinski definition) is 6. The van der Waals surface area contributed by atoms with Crippen LogP contribution >= 0.6 is 17.0 Å². The fourth-order valence-corrected chi connectivity index (χ4v) is 4.90. The van der Waals surface area contributed by atoms with Crippen LogP contribution in [0.3, 0.4) is 0 Å². The SMILES string of the molecule is Br.COC(=O)c1cc(CN)ccc1CN(Cc1nc2ccccc2[nH]1)C1CCCc2cccnc21. The molecule has 0 saturated heterocycles. The number of rotatable bonds is 7. The molecule has 2 aromatic heterocycles. The average Bonchev–Trinajstić information content (AvgIpc) is 3.30. The van der Waals surface area contributed by atoms with Gasteiger partial charge in [-0.1, -0.05) is 30.3 Å². The number of aromatic amines is 1. The van der Waals surface area contributed by atoms with E-state index >= 15 is 0 Å². The van der Waals surface area contributed by atoms with Crippen molar-refractivity contribution >= 4 is 34.0 Å². The summed E-state index contributed by atoms with van der Waals surface area (Å²) in [6, 6.07) is 18.2. The summed E-state index contributed by atoms with van der Waals surface area (Å²) in [5, 5.41) is 0. The molecule has 0 fully saturated rings. The average molecular weight is 536 g/mol. The zero-order valence-electron chi connectivity index (χ0n) is 19.7. The quantitative estimate of drug-likeness (QED) is 0.328. The van der Waals surface area contributed by atoms with Crippen LogP contribution in [0.5, 0.6) is 0 Å². The molecule has 7 nitrogen and oxygen atoms in total. The number of hydrogen-bond donors (Lipinski definition) is 2. The molecular weight excluding hydrogens is 506 g/mol. The highest BCUT2D eigenvalue weighted by molar-refractivity contribution is 8.93. The van der Waals surface area contributed by atoms with E-state index in [-0.39, 0.29) is 29.0 Å². The lowest BCUT2D eigenvalue weighted by Gasteiger charge is -2.35. The van der Waals surface area contributed by atoms with Crippen molar-refractivity contribution in [1.82, 2.24) is 19.9 Å². The minimum absolute atomic E-state index is 0. The zero-order chi connectivity index (χ0) is 23.5. The van der Waals surface area contributed by atoms with E-state index in [0.717, 1.165) is 52.9 Å². The van der Waals surface area contributed by atoms with Crippen LogP contribution in [0.25, 0.3) is 11.0 Å². The number of H-pyrrole nitrogens is 1. The van der Waals surface area contributed by atoms with Gasteiger partial charge in [0.1, 0.15) is 5.82 Å². The Bertz CT molecular complexity index is 1290. The largest absolute Gasteiger partial charge is 0.465 e. The van der Waals surface area contributed by atoms with E-state index in [1.54, 1.807) is 0 Å². The summed E-state index contributed by atoms with van der Waals surface area (Å²) >= 11 is 0. The van der Waals surface area contributed by atoms with E-state index in [1.807, 2.05) is 54.7 Å². The molecule has 182 valence electrons. The molecule has 0 spiro atoms. The van der Waals surface area contributed by atoms with Crippen LogP contribution < -0.4 is 5.73 Å². The summed E-state index contributed by atoms with van der Waals surface area (Å²) in [5.74, 6) is 0.540. The molecule has 2 aromatic carbocycles. The third-order valence-corrected chi connectivity index (χ3v) is 6.59. The molecule has 35 heavy (non-hydrogen) atoms. The summed E-state index contributed by atoms with van der Waals surface area (Å²) in [5.41, 5.74) is 12.6. The number of para-hydroxylation sites is 2. The number of carbonyl (C=O) groups excluding carboxylic acids is 1. The third kappa shape index (κ3) is 5.29. The first-order valence-electron chi connectivity index (χ1n) is 11.7. The van der Waals surface area contributed by atoms with Gasteiger partial charge in [-0.25, -0.2) is 9.78 Å². The van der Waals surface area contributed by atoms with E-state index in [4.69, 9.17) is 20.4 Å². The standard InChI is InChI=1S/C27H29N5O2.BrH/c1-34-27(33)21-14-18(15-28)11-12-20(21)16-32(17-25-30-22-8-2-3-9-23(22)31-25)24-10-4-6-19-7-5-13-29-26(19)24;/h2-3,5,7-9,11-14,24H,4,6,10,15-17,28H2,1H3,(H,30,31);1H. The van der Waals surface area contributed by atoms with Crippen molar-refractivity contribution in [1.29, 1.82) is 0 Å². The number of imidazole rings is 1. The van der Waals surface area contributed by atoms with Crippen LogP contribution in [-0.2, 0) is 30.8 Å². The van der Waals surface area contributed by atoms with Crippen molar-refractivity contribution in [3.05, 3.63) is 94.6 Å². The molecule has 1 atom stereocenters. The molecule has 3 N–H and O–H groups in total. The highest BCUT2D eigenvalue weighted by Gasteiger charge is 2.29. The topological polar surface area (TPSA) is 97.1 Å². The lowest BCUT2D eigenvalue weighted by Crippen LogP contribution is -2.32. The number of pyridine rings is 1. The van der Waals surface area contributed by atoms with Crippen molar-refractivity contribution in [2.24, 2.45) is 5.73 Å². The van der Waals surface area contributed by atoms with Crippen LogP contribution in [0.4, 0.5) is 0 Å². The molecule has 0 amide bonds. The number of benzene rings is 2. The number of carbonyl (C=O) groups is 1. The molecule has 1 unspecified atom stereocenters. The lowest BCUT2D eigenvalue weighted by atomic mass is 9.90. The van der Waals surface area contributed by atoms with Crippen molar-refractivity contribution in [3.8, 4) is 0 Å². The third-order valence-electron chi connectivity index (χ3n) is 6.59. The van der Waals surface area contributed by atoms with E-state index < -0.39 is 0 Å². The Morgan fingerprint density at radius 3 is 2.83 bits per heavy atom. The second kappa shape index (κ2) is 11.1. The normalized spacial score (nSPS) is 15.0. The minimum atomic E-state index is -0.351. The Morgan fingerprint density at radius 2 is 2.03 bits per heavy atom. The highest BCUT2D eigenvalue weighted by Crippen LogP contribution is 2.35. The predicted molar refractivity (Wildman–Crippen MR) is 141 cm³/mol. The van der Waals surface area contributed by atoms with E-state index in [1.165, 1.54) is 12.7 Å². The van der Waals surface area contributed by atoms with Gasteiger partial charge in [0, 0.05) is 19.3 Å². The van der Waals surface area contributed by atoms with Gasteiger partial charge in [0.2, 0.25) is 0 Å². The van der Waals surface area contributed by atoms with Crippen LogP contribution in [0.1, 0.15) is 57.5 Å². The smallest absolute Gasteiger partial charge is 0.338 e. The molecule has 1 aliphatic carbocycles. The maximum atomic E-state index is 12.6. The van der Waals surface area contributed by atoms with Gasteiger partial charge in [-0.05, 0) is 60.2 Å². The van der Waals surface area contributed by atoms with Gasteiger partial charge >= 0.3 is 5.97 Å². The molecule has 2 heterocycles. The Morgan fingerprint density at radius 1 is 1.17 bits per heavy atom. The van der Waals surface area contributed by atoms with Crippen LogP contribution in [-0.4, -0.2) is 32.9 Å². The molecule has 5 rings (SSSR count). The molecular formula is C27H30BrN5O2. The Balaban J connectivity index is 0.00000289. The molecule has 8 heteroatoms. The first-order valence-corrected chi connectivity index (χ1v) is 11.7. The Labute approximate surface area is 215 Å². The van der Waals surface area contributed by atoms with Crippen LogP contribution in [0.15, 0.2) is 60.8 Å². The summed E-state index contributed by atoms with van der Waals surface area (Å²) < 4.78 is 5.09. The molecule has 1 aliphatic rings. The molecule has 4 aromatic rings. The molecule has 0 bridgehead atoms. The predicted octanol–water partition coefficient (Wildman–Crippen LogP) is 4.86. The number of nitrogens with one attached hydrogen (secondary N) is 1. The number of halogens is 1. The van der Waals surface area contributed by atoms with Crippen LogP contribution in [0, 0.1) is 0 Å². The Hall–Kier alpha value is -3.07. The van der Waals surface area contributed by atoms with Gasteiger partial charge in [-0.2, -0.15) is 0 Å². The molecule has 0 aliphatic heterocycles. The monoisotopic (exact) mass is 535 g/mol. The van der Waals surface area contributed by atoms with Crippen LogP contribution in [0.2, 0.25) is 0 Å². The van der Waals surface area contributed by atoms with Gasteiger partial charge in [-0.3, -0.25) is 9.88 Å². The van der Waals surface area contributed by atoms with Gasteiger partial charge in [0.25, 0.3) is 0 Å². The van der Waals surface area contributed by atoms with Crippen molar-refractivity contribution < 1.29 is 9.53 Å². The van der Waals surface area contributed by atoms with Gasteiger partial charge in [0.05, 0.1) is 42.0 Å². The van der Waals surface area contributed by atoms with E-state index in [0.29, 0.717) is 25.2 Å². The van der Waals surface area contributed by atoms with Gasteiger partial charge < -0.3 is 15.5 Å². The van der Waals surface area contributed by atoms with E-state index in [9.17, 15) is 4.79 Å². The second-order valence-electron chi connectivity index (χ2n) is 8.75. The summed E-state index contributed by atoms with van der Waals surface area (Å²) in [6.07, 6.45) is 5.00. The number of nitrogens with zero attached hydrogens (tertiary/aromatic N) is 3. The zero-order valence-corrected chi connectivity index (χ0v) is 21.5. The highest BCUT2D eigenvalue weighted by atomic mass is 79.9. The first kappa shape index (κ1) is 25.0. The summed E-state index contributed by atoms with van der Waals surface area (Å²) in [6.45, 7) is 1.54. The number of aryl methyl sites for hydroxylation is 1. The number of esters is 1. The fourth-order valence-electron chi connectivity index (χ4n) is 4.90. The maximum Gasteiger partial charge on any atom is 0.338 e. The van der Waals surface area contributed by atoms with Crippen molar-refractivity contribution in [2.75, 3.05) is 7.11 Å². The number of aromatic nitrogens is 3. The maximum absolute atomic E-state index is 12.6. The fraction of sp³-hybridized carbons (Fsp3) is 0.296. The summed E-state index contributed by atoms with van der Waals surface area (Å²) in [4.78, 5) is 28.0. The van der Waals surface area contributed by atoms with Crippen molar-refractivity contribution in [2.45, 2.75) is 44.9 Å². The second-order valence-corrected chi connectivity index (χ2v) is 8.75. The number of ether oxygens (including phenoxy) is 1. The number of fused-ring (bicyclic) bond motifs is 2. The Kier molecular flexibility index (Phi) is 7.95. The lowest BCUT2D eigenvalue weighted by molar-refractivity contribution is 0.0596. The number of nitrogens with two attached hydrogens (primary N) is 1. The van der Waals surface area contributed by atoms with Gasteiger partial charge in [0.15, 0.2) is 0 Å². The van der Waals surface area contributed by atoms with E-state index in [2.05, 4.69) is 16.0 Å². The van der Waals surface area contributed by atoms with Gasteiger partial charge in [-0.15, -0.1) is 17.0 Å².